The largest absolute Gasteiger partial charge is 0.325 e. The summed E-state index contributed by atoms with van der Waals surface area (Å²) in [6, 6.07) is 15.5. The summed E-state index contributed by atoms with van der Waals surface area (Å²) in [4.78, 5) is 50.4. The Kier molecular flexibility index (Phi) is 5.07. The van der Waals surface area contributed by atoms with Gasteiger partial charge in [-0.2, -0.15) is 0 Å². The molecule has 1 N–H and O–H groups in total. The van der Waals surface area contributed by atoms with Crippen molar-refractivity contribution in [1.82, 2.24) is 10.2 Å². The lowest BCUT2D eigenvalue weighted by atomic mass is 10.1. The second-order valence-electron chi connectivity index (χ2n) is 5.66. The minimum atomic E-state index is -1.02. The first-order valence-electron chi connectivity index (χ1n) is 8.03. The van der Waals surface area contributed by atoms with E-state index in [1.54, 1.807) is 66.9 Å². The van der Waals surface area contributed by atoms with Crippen molar-refractivity contribution < 1.29 is 19.2 Å². The van der Waals surface area contributed by atoms with Crippen LogP contribution in [0.5, 0.6) is 0 Å². The Morgan fingerprint density at radius 2 is 1.54 bits per heavy atom. The van der Waals surface area contributed by atoms with E-state index in [9.17, 15) is 19.2 Å². The Hall–Kier alpha value is -3.48. The number of nitrogens with one attached hydrogen (secondary N) is 1. The standard InChI is InChI=1S/C19H16N3O4/c23-13-16(14-7-3-1-4-8-14)20-19(26)22-12-11-21(17(24)18(22)25)15-9-5-2-6-10-15/h1-10,16H,11-12H2,(H,20,26). The zero-order chi connectivity index (χ0) is 18.5. The molecule has 3 rings (SSSR count). The Balaban J connectivity index is 1.70. The normalized spacial score (nSPS) is 15.5. The van der Waals surface area contributed by atoms with Crippen molar-refractivity contribution in [2.45, 2.75) is 6.04 Å². The van der Waals surface area contributed by atoms with E-state index in [1.807, 2.05) is 0 Å². The average molecular weight is 350 g/mol. The van der Waals surface area contributed by atoms with Gasteiger partial charge in [-0.3, -0.25) is 19.3 Å². The lowest BCUT2D eigenvalue weighted by Crippen LogP contribution is -2.58. The van der Waals surface area contributed by atoms with Crippen LogP contribution in [-0.4, -0.2) is 42.1 Å². The molecule has 2 aromatic rings. The smallest absolute Gasteiger partial charge is 0.323 e. The monoisotopic (exact) mass is 350 g/mol. The van der Waals surface area contributed by atoms with Crippen LogP contribution in [0.15, 0.2) is 60.7 Å². The molecule has 1 atom stereocenters. The number of imide groups is 1. The molecular formula is C19H16N3O4. The number of para-hydroxylation sites is 1. The predicted molar refractivity (Wildman–Crippen MR) is 93.9 cm³/mol. The van der Waals surface area contributed by atoms with E-state index in [0.717, 1.165) is 4.90 Å². The van der Waals surface area contributed by atoms with Crippen LogP contribution in [0.2, 0.25) is 0 Å². The van der Waals surface area contributed by atoms with Crippen molar-refractivity contribution >= 4 is 29.8 Å². The van der Waals surface area contributed by atoms with Crippen LogP contribution in [0, 0.1) is 0 Å². The van der Waals surface area contributed by atoms with Gasteiger partial charge in [-0.1, -0.05) is 48.5 Å². The lowest BCUT2D eigenvalue weighted by Gasteiger charge is -2.33. The fraction of sp³-hybridized carbons (Fsp3) is 0.158. The van der Waals surface area contributed by atoms with E-state index in [-0.39, 0.29) is 13.1 Å². The summed E-state index contributed by atoms with van der Waals surface area (Å²) in [6.07, 6.45) is 1.73. The van der Waals surface area contributed by atoms with Gasteiger partial charge in [0, 0.05) is 18.8 Å². The number of nitrogens with zero attached hydrogens (tertiary/aromatic N) is 2. The molecule has 4 amide bonds. The fourth-order valence-corrected chi connectivity index (χ4v) is 2.71. The van der Waals surface area contributed by atoms with Crippen LogP contribution in [0.3, 0.4) is 0 Å². The van der Waals surface area contributed by atoms with Crippen LogP contribution >= 0.6 is 0 Å². The Morgan fingerprint density at radius 1 is 0.923 bits per heavy atom. The molecule has 7 heteroatoms. The van der Waals surface area contributed by atoms with Crippen molar-refractivity contribution in [2.24, 2.45) is 0 Å². The average Bonchev–Trinajstić information content (AvgIpc) is 2.69. The summed E-state index contributed by atoms with van der Waals surface area (Å²) in [5, 5.41) is 2.43. The number of amides is 4. The maximum atomic E-state index is 12.4. The quantitative estimate of drug-likeness (QED) is 0.845. The molecule has 0 saturated carbocycles. The second kappa shape index (κ2) is 7.60. The molecule has 26 heavy (non-hydrogen) atoms. The zero-order valence-corrected chi connectivity index (χ0v) is 13.8. The maximum absolute atomic E-state index is 12.4. The van der Waals surface area contributed by atoms with Crippen LogP contribution in [0.25, 0.3) is 0 Å². The van der Waals surface area contributed by atoms with Crippen LogP contribution in [0.4, 0.5) is 10.5 Å². The number of rotatable bonds is 4. The number of carbonyl (C=O) groups excluding carboxylic acids is 4. The third-order valence-electron chi connectivity index (χ3n) is 4.05. The highest BCUT2D eigenvalue weighted by molar-refractivity contribution is 6.43. The molecule has 2 aromatic carbocycles. The molecule has 1 aliphatic rings. The van der Waals surface area contributed by atoms with Gasteiger partial charge in [0.2, 0.25) is 6.29 Å². The zero-order valence-electron chi connectivity index (χ0n) is 13.8. The third kappa shape index (κ3) is 3.46. The second-order valence-corrected chi connectivity index (χ2v) is 5.66. The summed E-state index contributed by atoms with van der Waals surface area (Å²) in [5.74, 6) is -1.72. The topological polar surface area (TPSA) is 86.8 Å². The van der Waals surface area contributed by atoms with Gasteiger partial charge in [-0.05, 0) is 17.7 Å². The number of hydrogen-bond acceptors (Lipinski definition) is 4. The molecule has 1 aliphatic heterocycles. The number of anilines is 1. The SMILES string of the molecule is O=[C]C(NC(=O)N1CCN(c2ccccc2)C(=O)C1=O)c1ccccc1. The number of urea groups is 1. The molecule has 0 aromatic heterocycles. The van der Waals surface area contributed by atoms with Crippen LogP contribution in [0.1, 0.15) is 11.6 Å². The summed E-state index contributed by atoms with van der Waals surface area (Å²) in [7, 11) is 0. The van der Waals surface area contributed by atoms with E-state index >= 15 is 0 Å². The van der Waals surface area contributed by atoms with Gasteiger partial charge < -0.3 is 10.2 Å². The Bertz CT molecular complexity index is 823. The summed E-state index contributed by atoms with van der Waals surface area (Å²) >= 11 is 0. The lowest BCUT2D eigenvalue weighted by molar-refractivity contribution is -0.144. The molecule has 0 bridgehead atoms. The summed E-state index contributed by atoms with van der Waals surface area (Å²) in [6.45, 7) is 0.217. The maximum Gasteiger partial charge on any atom is 0.325 e. The van der Waals surface area contributed by atoms with Gasteiger partial charge >= 0.3 is 17.8 Å². The summed E-state index contributed by atoms with van der Waals surface area (Å²) in [5.41, 5.74) is 1.13. The van der Waals surface area contributed by atoms with Gasteiger partial charge in [0.1, 0.15) is 6.04 Å². The first kappa shape index (κ1) is 17.3. The predicted octanol–water partition coefficient (Wildman–Crippen LogP) is 1.42. The van der Waals surface area contributed by atoms with Gasteiger partial charge in [0.15, 0.2) is 0 Å². The van der Waals surface area contributed by atoms with E-state index in [2.05, 4.69) is 5.32 Å². The van der Waals surface area contributed by atoms with Crippen molar-refractivity contribution in [3.63, 3.8) is 0 Å². The van der Waals surface area contributed by atoms with Crippen molar-refractivity contribution in [3.05, 3.63) is 66.2 Å². The minimum Gasteiger partial charge on any atom is -0.323 e. The fourth-order valence-electron chi connectivity index (χ4n) is 2.71. The van der Waals surface area contributed by atoms with Crippen molar-refractivity contribution in [2.75, 3.05) is 18.0 Å². The molecular weight excluding hydrogens is 334 g/mol. The van der Waals surface area contributed by atoms with Gasteiger partial charge in [0.25, 0.3) is 0 Å². The molecule has 1 fully saturated rings. The van der Waals surface area contributed by atoms with Gasteiger partial charge in [0.05, 0.1) is 0 Å². The van der Waals surface area contributed by atoms with Crippen LogP contribution in [-0.2, 0) is 14.4 Å². The summed E-state index contributed by atoms with van der Waals surface area (Å²) < 4.78 is 0. The third-order valence-corrected chi connectivity index (χ3v) is 4.05. The molecule has 131 valence electrons. The van der Waals surface area contributed by atoms with Crippen LogP contribution < -0.4 is 10.2 Å². The van der Waals surface area contributed by atoms with E-state index < -0.39 is 23.9 Å². The number of benzene rings is 2. The Morgan fingerprint density at radius 3 is 2.15 bits per heavy atom. The van der Waals surface area contributed by atoms with Crippen molar-refractivity contribution in [3.8, 4) is 0 Å². The molecule has 1 heterocycles. The van der Waals surface area contributed by atoms with E-state index in [0.29, 0.717) is 11.3 Å². The van der Waals surface area contributed by atoms with Crippen molar-refractivity contribution in [1.29, 1.82) is 0 Å². The molecule has 0 aliphatic carbocycles. The Labute approximate surface area is 150 Å². The van der Waals surface area contributed by atoms with E-state index in [4.69, 9.17) is 0 Å². The first-order chi connectivity index (χ1) is 12.6. The highest BCUT2D eigenvalue weighted by Crippen LogP contribution is 2.18. The molecule has 7 nitrogen and oxygen atoms in total. The van der Waals surface area contributed by atoms with Gasteiger partial charge in [-0.25, -0.2) is 4.79 Å². The molecule has 1 unspecified atom stereocenters. The number of piperazine rings is 1. The minimum absolute atomic E-state index is 0.0334. The highest BCUT2D eigenvalue weighted by Gasteiger charge is 2.37. The van der Waals surface area contributed by atoms with Gasteiger partial charge in [-0.15, -0.1) is 0 Å². The molecule has 0 spiro atoms. The number of hydrogen-bond donors (Lipinski definition) is 1. The first-order valence-corrected chi connectivity index (χ1v) is 8.03. The van der Waals surface area contributed by atoms with E-state index in [1.165, 1.54) is 4.90 Å². The highest BCUT2D eigenvalue weighted by atomic mass is 16.2. The molecule has 1 radical (unpaired) electrons. The molecule has 1 saturated heterocycles. The number of carbonyl (C=O) groups is 3.